The fourth-order valence-electron chi connectivity index (χ4n) is 3.90. The molecule has 1 aromatic rings. The SMILES string of the molecule is COc1ccc(NC(=O)OC[C@]23CCC[C@H](CC2)N3C(=O)O)c(Br)c1. The molecule has 0 aliphatic carbocycles. The summed E-state index contributed by atoms with van der Waals surface area (Å²) in [6.07, 6.45) is 2.63. The summed E-state index contributed by atoms with van der Waals surface area (Å²) in [6, 6.07) is 5.23. The molecule has 2 saturated heterocycles. The molecular formula is C17H21BrN2O5. The second-order valence-corrected chi connectivity index (χ2v) is 7.36. The highest BCUT2D eigenvalue weighted by Gasteiger charge is 2.52. The highest BCUT2D eigenvalue weighted by Crippen LogP contribution is 2.44. The van der Waals surface area contributed by atoms with E-state index in [1.54, 1.807) is 25.3 Å². The van der Waals surface area contributed by atoms with Gasteiger partial charge >= 0.3 is 12.2 Å². The average molecular weight is 413 g/mol. The molecule has 2 bridgehead atoms. The van der Waals surface area contributed by atoms with Gasteiger partial charge in [-0.05, 0) is 66.2 Å². The Labute approximate surface area is 154 Å². The molecule has 1 aromatic carbocycles. The van der Waals surface area contributed by atoms with Crippen molar-refractivity contribution in [3.05, 3.63) is 22.7 Å². The number of amides is 2. The number of benzene rings is 1. The molecule has 0 unspecified atom stereocenters. The van der Waals surface area contributed by atoms with Crippen LogP contribution in [0.3, 0.4) is 0 Å². The summed E-state index contributed by atoms with van der Waals surface area (Å²) in [5.74, 6) is 0.668. The summed E-state index contributed by atoms with van der Waals surface area (Å²) in [4.78, 5) is 25.3. The molecule has 2 atom stereocenters. The monoisotopic (exact) mass is 412 g/mol. The van der Waals surface area contributed by atoms with Gasteiger partial charge in [-0.1, -0.05) is 0 Å². The molecule has 2 fully saturated rings. The third-order valence-electron chi connectivity index (χ3n) is 5.09. The number of piperidine rings is 1. The van der Waals surface area contributed by atoms with E-state index in [4.69, 9.17) is 9.47 Å². The van der Waals surface area contributed by atoms with Crippen molar-refractivity contribution in [1.29, 1.82) is 0 Å². The van der Waals surface area contributed by atoms with E-state index >= 15 is 0 Å². The van der Waals surface area contributed by atoms with Crippen LogP contribution in [-0.4, -0.2) is 47.5 Å². The van der Waals surface area contributed by atoms with Crippen LogP contribution in [0.1, 0.15) is 32.1 Å². The number of carbonyl (C=O) groups is 2. The van der Waals surface area contributed by atoms with Gasteiger partial charge in [-0.3, -0.25) is 10.2 Å². The second kappa shape index (κ2) is 7.11. The molecular weight excluding hydrogens is 392 g/mol. The Balaban J connectivity index is 1.63. The predicted octanol–water partition coefficient (Wildman–Crippen LogP) is 4.07. The number of rotatable bonds is 4. The third kappa shape index (κ3) is 3.53. The van der Waals surface area contributed by atoms with Gasteiger partial charge in [-0.2, -0.15) is 0 Å². The van der Waals surface area contributed by atoms with E-state index in [1.165, 1.54) is 4.90 Å². The van der Waals surface area contributed by atoms with E-state index in [-0.39, 0.29) is 12.6 Å². The van der Waals surface area contributed by atoms with Crippen molar-refractivity contribution < 1.29 is 24.2 Å². The predicted molar refractivity (Wildman–Crippen MR) is 95.1 cm³/mol. The molecule has 2 amide bonds. The molecule has 0 radical (unpaired) electrons. The molecule has 2 aliphatic heterocycles. The van der Waals surface area contributed by atoms with Crippen molar-refractivity contribution in [2.75, 3.05) is 19.0 Å². The maximum Gasteiger partial charge on any atom is 0.411 e. The van der Waals surface area contributed by atoms with Crippen molar-refractivity contribution in [1.82, 2.24) is 4.90 Å². The fourth-order valence-corrected chi connectivity index (χ4v) is 4.36. The van der Waals surface area contributed by atoms with Gasteiger partial charge in [0.05, 0.1) is 18.3 Å². The largest absolute Gasteiger partial charge is 0.497 e. The number of carboxylic acid groups (broad SMARTS) is 1. The van der Waals surface area contributed by atoms with Gasteiger partial charge < -0.3 is 14.6 Å². The van der Waals surface area contributed by atoms with Gasteiger partial charge in [0.1, 0.15) is 12.4 Å². The zero-order chi connectivity index (χ0) is 18.0. The van der Waals surface area contributed by atoms with Crippen molar-refractivity contribution in [2.45, 2.75) is 43.7 Å². The number of halogens is 1. The van der Waals surface area contributed by atoms with Crippen LogP contribution in [0.2, 0.25) is 0 Å². The van der Waals surface area contributed by atoms with Crippen LogP contribution in [0, 0.1) is 0 Å². The van der Waals surface area contributed by atoms with Crippen LogP contribution >= 0.6 is 15.9 Å². The van der Waals surface area contributed by atoms with E-state index in [0.29, 0.717) is 15.9 Å². The van der Waals surface area contributed by atoms with Crippen molar-refractivity contribution in [3.63, 3.8) is 0 Å². The summed E-state index contributed by atoms with van der Waals surface area (Å²) in [6.45, 7) is 0.0788. The minimum absolute atomic E-state index is 0.0497. The maximum absolute atomic E-state index is 12.2. The van der Waals surface area contributed by atoms with Gasteiger partial charge in [-0.25, -0.2) is 9.59 Å². The Morgan fingerprint density at radius 2 is 2.20 bits per heavy atom. The van der Waals surface area contributed by atoms with Gasteiger partial charge in [0.2, 0.25) is 0 Å². The van der Waals surface area contributed by atoms with E-state index in [9.17, 15) is 14.7 Å². The van der Waals surface area contributed by atoms with E-state index in [0.717, 1.165) is 32.1 Å². The third-order valence-corrected chi connectivity index (χ3v) is 5.75. The molecule has 0 spiro atoms. The number of ether oxygens (including phenoxy) is 2. The number of methoxy groups -OCH3 is 1. The van der Waals surface area contributed by atoms with Crippen LogP contribution in [0.5, 0.6) is 5.75 Å². The minimum Gasteiger partial charge on any atom is -0.497 e. The molecule has 0 aromatic heterocycles. The van der Waals surface area contributed by atoms with E-state index in [1.807, 2.05) is 0 Å². The number of nitrogens with zero attached hydrogens (tertiary/aromatic N) is 1. The maximum atomic E-state index is 12.2. The Bertz CT molecular complexity index is 679. The average Bonchev–Trinajstić information content (AvgIpc) is 2.82. The lowest BCUT2D eigenvalue weighted by Gasteiger charge is -2.42. The summed E-state index contributed by atoms with van der Waals surface area (Å²) in [5, 5.41) is 12.2. The minimum atomic E-state index is -0.927. The molecule has 0 saturated carbocycles. The normalized spacial score (nSPS) is 24.7. The van der Waals surface area contributed by atoms with Crippen molar-refractivity contribution in [2.24, 2.45) is 0 Å². The van der Waals surface area contributed by atoms with Crippen molar-refractivity contribution in [3.8, 4) is 5.75 Å². The van der Waals surface area contributed by atoms with Gasteiger partial charge in [0.15, 0.2) is 0 Å². The van der Waals surface area contributed by atoms with Crippen LogP contribution in [0.25, 0.3) is 0 Å². The summed E-state index contributed by atoms with van der Waals surface area (Å²) in [5.41, 5.74) is -0.0187. The fraction of sp³-hybridized carbons (Fsp3) is 0.529. The van der Waals surface area contributed by atoms with Crippen LogP contribution in [-0.2, 0) is 4.74 Å². The first-order valence-electron chi connectivity index (χ1n) is 8.25. The first-order chi connectivity index (χ1) is 11.9. The molecule has 2 heterocycles. The lowest BCUT2D eigenvalue weighted by atomic mass is 9.89. The topological polar surface area (TPSA) is 88.1 Å². The number of hydrogen-bond acceptors (Lipinski definition) is 4. The Kier molecular flexibility index (Phi) is 5.08. The molecule has 8 heteroatoms. The second-order valence-electron chi connectivity index (χ2n) is 6.51. The highest BCUT2D eigenvalue weighted by atomic mass is 79.9. The zero-order valence-electron chi connectivity index (χ0n) is 14.0. The lowest BCUT2D eigenvalue weighted by molar-refractivity contribution is 0.0110. The Morgan fingerprint density at radius 1 is 1.40 bits per heavy atom. The standard InChI is InChI=1S/C17H21BrN2O5/c1-24-12-4-5-14(13(18)9-12)19-15(21)25-10-17-7-2-3-11(6-8-17)20(17)16(22)23/h4-5,9,11H,2-3,6-8,10H2,1H3,(H,19,21)(H,22,23)/t11-,17+/m1/s1. The number of anilines is 1. The smallest absolute Gasteiger partial charge is 0.411 e. The van der Waals surface area contributed by atoms with Gasteiger partial charge in [0.25, 0.3) is 0 Å². The summed E-state index contributed by atoms with van der Waals surface area (Å²) in [7, 11) is 1.57. The number of fused-ring (bicyclic) bond motifs is 2. The quantitative estimate of drug-likeness (QED) is 0.777. The zero-order valence-corrected chi connectivity index (χ0v) is 15.5. The lowest BCUT2D eigenvalue weighted by Crippen LogP contribution is -2.55. The number of carbonyl (C=O) groups excluding carboxylic acids is 1. The number of hydrogen-bond donors (Lipinski definition) is 2. The first-order valence-corrected chi connectivity index (χ1v) is 9.04. The van der Waals surface area contributed by atoms with Gasteiger partial charge in [-0.15, -0.1) is 0 Å². The van der Waals surface area contributed by atoms with Crippen LogP contribution in [0.15, 0.2) is 22.7 Å². The molecule has 3 rings (SSSR count). The van der Waals surface area contributed by atoms with Gasteiger partial charge in [0, 0.05) is 10.5 Å². The van der Waals surface area contributed by atoms with E-state index in [2.05, 4.69) is 21.2 Å². The molecule has 136 valence electrons. The molecule has 25 heavy (non-hydrogen) atoms. The Morgan fingerprint density at radius 3 is 2.88 bits per heavy atom. The van der Waals surface area contributed by atoms with Crippen molar-refractivity contribution >= 4 is 33.8 Å². The summed E-state index contributed by atoms with van der Waals surface area (Å²) < 4.78 is 11.2. The first kappa shape index (κ1) is 17.8. The summed E-state index contributed by atoms with van der Waals surface area (Å²) >= 11 is 3.37. The number of nitrogens with one attached hydrogen (secondary N) is 1. The van der Waals surface area contributed by atoms with Crippen LogP contribution < -0.4 is 10.1 Å². The Hall–Kier alpha value is -1.96. The molecule has 2 aliphatic rings. The van der Waals surface area contributed by atoms with E-state index < -0.39 is 17.7 Å². The highest BCUT2D eigenvalue weighted by molar-refractivity contribution is 9.10. The molecule has 2 N–H and O–H groups in total. The van der Waals surface area contributed by atoms with Crippen LogP contribution in [0.4, 0.5) is 15.3 Å². The molecule has 7 nitrogen and oxygen atoms in total.